The van der Waals surface area contributed by atoms with Crippen LogP contribution in [0.4, 0.5) is 27.5 Å². The lowest BCUT2D eigenvalue weighted by Crippen LogP contribution is -2.39. The van der Waals surface area contributed by atoms with Gasteiger partial charge in [-0.2, -0.15) is 0 Å². The van der Waals surface area contributed by atoms with Gasteiger partial charge < -0.3 is 24.8 Å². The van der Waals surface area contributed by atoms with Crippen molar-refractivity contribution in [1.29, 1.82) is 0 Å². The number of carbonyl (C=O) groups excluding carboxylic acids is 1. The lowest BCUT2D eigenvalue weighted by atomic mass is 10.2. The number of benzene rings is 2. The van der Waals surface area contributed by atoms with Crippen molar-refractivity contribution in [3.63, 3.8) is 0 Å². The molecule has 2 heterocycles. The highest BCUT2D eigenvalue weighted by atomic mass is 16.6. The number of amides is 1. The van der Waals surface area contributed by atoms with Gasteiger partial charge in [-0.3, -0.25) is 20.2 Å². The van der Waals surface area contributed by atoms with Crippen LogP contribution in [0.3, 0.4) is 0 Å². The van der Waals surface area contributed by atoms with Crippen molar-refractivity contribution < 1.29 is 19.4 Å². The molecule has 2 aromatic carbocycles. The largest absolute Gasteiger partial charge is 0.444 e. The first-order chi connectivity index (χ1) is 18.5. The fraction of sp³-hybridized carbons (Fsp3) is 0.519. The molecule has 1 amide bonds. The quantitative estimate of drug-likeness (QED) is 0.439. The molecule has 2 saturated heterocycles. The SMILES string of the molecule is CC(C)(C)OC(=O)N1CCCN(c2cccc([N+](=O)[O-])c2)CC1.O=[N+]([O-])c1cccc(N2CCCNCC2)c1. The normalized spacial score (nSPS) is 16.3. The molecule has 0 radical (unpaired) electrons. The summed E-state index contributed by atoms with van der Waals surface area (Å²) in [5.41, 5.74) is 1.48. The standard InChI is InChI=1S/C16H23N3O4.C11H15N3O2/c1-16(2,3)23-15(20)18-9-5-8-17(10-11-18)13-6-4-7-14(12-13)19(21)22;15-14(16)11-4-1-3-10(9-11)13-7-2-5-12-6-8-13/h4,6-7,12H,5,8-11H2,1-3H3;1,3-4,9,12H,2,5-8H2. The molecule has 0 saturated carbocycles. The second-order valence-corrected chi connectivity index (χ2v) is 10.5. The number of nitrogens with one attached hydrogen (secondary N) is 1. The second-order valence-electron chi connectivity index (χ2n) is 10.5. The van der Waals surface area contributed by atoms with Crippen LogP contribution in [0.1, 0.15) is 33.6 Å². The van der Waals surface area contributed by atoms with Gasteiger partial charge in [0.25, 0.3) is 11.4 Å². The third-order valence-electron chi connectivity index (χ3n) is 6.30. The monoisotopic (exact) mass is 542 g/mol. The van der Waals surface area contributed by atoms with Gasteiger partial charge in [0.2, 0.25) is 0 Å². The Morgan fingerprint density at radius 2 is 1.36 bits per heavy atom. The Morgan fingerprint density at radius 1 is 0.795 bits per heavy atom. The van der Waals surface area contributed by atoms with Gasteiger partial charge in [0.1, 0.15) is 5.60 Å². The number of non-ortho nitro benzene ring substituents is 2. The molecule has 0 spiro atoms. The van der Waals surface area contributed by atoms with E-state index in [1.807, 2.05) is 32.9 Å². The molecular formula is C27H38N6O6. The molecule has 2 aliphatic heterocycles. The average molecular weight is 543 g/mol. The van der Waals surface area contributed by atoms with E-state index in [4.69, 9.17) is 4.74 Å². The first kappa shape index (κ1) is 29.6. The Morgan fingerprint density at radius 3 is 1.92 bits per heavy atom. The predicted octanol–water partition coefficient (Wildman–Crippen LogP) is 4.44. The Kier molecular flexibility index (Phi) is 10.4. The van der Waals surface area contributed by atoms with Crippen molar-refractivity contribution in [2.75, 3.05) is 62.2 Å². The van der Waals surface area contributed by atoms with Gasteiger partial charge in [-0.15, -0.1) is 0 Å². The minimum Gasteiger partial charge on any atom is -0.444 e. The summed E-state index contributed by atoms with van der Waals surface area (Å²) >= 11 is 0. The van der Waals surface area contributed by atoms with E-state index in [9.17, 15) is 25.0 Å². The highest BCUT2D eigenvalue weighted by Gasteiger charge is 2.25. The van der Waals surface area contributed by atoms with E-state index in [2.05, 4.69) is 15.1 Å². The zero-order valence-corrected chi connectivity index (χ0v) is 22.9. The summed E-state index contributed by atoms with van der Waals surface area (Å²) in [5, 5.41) is 24.9. The fourth-order valence-electron chi connectivity index (χ4n) is 4.40. The minimum atomic E-state index is -0.511. The summed E-state index contributed by atoms with van der Waals surface area (Å²) < 4.78 is 5.40. The topological polar surface area (TPSA) is 134 Å². The van der Waals surface area contributed by atoms with Gasteiger partial charge in [-0.1, -0.05) is 12.1 Å². The van der Waals surface area contributed by atoms with E-state index in [-0.39, 0.29) is 22.4 Å². The van der Waals surface area contributed by atoms with Gasteiger partial charge in [-0.25, -0.2) is 4.79 Å². The minimum absolute atomic E-state index is 0.0794. The van der Waals surface area contributed by atoms with Crippen LogP contribution in [-0.2, 0) is 4.74 Å². The van der Waals surface area contributed by atoms with Crippen LogP contribution < -0.4 is 15.1 Å². The van der Waals surface area contributed by atoms with Crippen LogP contribution in [0, 0.1) is 20.2 Å². The van der Waals surface area contributed by atoms with Gasteiger partial charge in [-0.05, 0) is 52.3 Å². The van der Waals surface area contributed by atoms with Crippen molar-refractivity contribution in [3.8, 4) is 0 Å². The molecule has 12 heteroatoms. The summed E-state index contributed by atoms with van der Waals surface area (Å²) in [7, 11) is 0. The van der Waals surface area contributed by atoms with Crippen LogP contribution in [0.15, 0.2) is 48.5 Å². The van der Waals surface area contributed by atoms with Crippen molar-refractivity contribution in [1.82, 2.24) is 10.2 Å². The molecular weight excluding hydrogens is 504 g/mol. The number of nitro groups is 2. The highest BCUT2D eigenvalue weighted by molar-refractivity contribution is 5.68. The number of nitro benzene ring substituents is 2. The molecule has 2 aromatic rings. The fourth-order valence-corrected chi connectivity index (χ4v) is 4.40. The van der Waals surface area contributed by atoms with Crippen LogP contribution in [0.2, 0.25) is 0 Å². The van der Waals surface area contributed by atoms with Crippen LogP contribution in [0.5, 0.6) is 0 Å². The van der Waals surface area contributed by atoms with Gasteiger partial charge >= 0.3 is 6.09 Å². The molecule has 39 heavy (non-hydrogen) atoms. The third-order valence-corrected chi connectivity index (χ3v) is 6.30. The van der Waals surface area contributed by atoms with E-state index >= 15 is 0 Å². The van der Waals surface area contributed by atoms with E-state index in [0.29, 0.717) is 19.6 Å². The van der Waals surface area contributed by atoms with Crippen molar-refractivity contribution in [3.05, 3.63) is 68.8 Å². The second kappa shape index (κ2) is 13.7. The molecule has 1 N–H and O–H groups in total. The summed E-state index contributed by atoms with van der Waals surface area (Å²) in [5.74, 6) is 0. The summed E-state index contributed by atoms with van der Waals surface area (Å²) in [6.07, 6.45) is 1.56. The Labute approximate surface area is 228 Å². The summed E-state index contributed by atoms with van der Waals surface area (Å²) in [4.78, 5) is 38.9. The number of anilines is 2. The van der Waals surface area contributed by atoms with E-state index < -0.39 is 10.5 Å². The number of rotatable bonds is 4. The molecule has 12 nitrogen and oxygen atoms in total. The number of hydrogen-bond donors (Lipinski definition) is 1. The molecule has 0 unspecified atom stereocenters. The van der Waals surface area contributed by atoms with E-state index in [1.54, 1.807) is 29.2 Å². The van der Waals surface area contributed by atoms with Crippen molar-refractivity contribution in [2.45, 2.75) is 39.2 Å². The number of ether oxygens (including phenoxy) is 1. The lowest BCUT2D eigenvalue weighted by molar-refractivity contribution is -0.385. The van der Waals surface area contributed by atoms with Gasteiger partial charge in [0, 0.05) is 81.5 Å². The van der Waals surface area contributed by atoms with Crippen LogP contribution in [-0.4, -0.2) is 78.8 Å². The zero-order valence-electron chi connectivity index (χ0n) is 22.9. The van der Waals surface area contributed by atoms with Gasteiger partial charge in [0.05, 0.1) is 9.85 Å². The van der Waals surface area contributed by atoms with E-state index in [0.717, 1.165) is 56.9 Å². The van der Waals surface area contributed by atoms with Crippen molar-refractivity contribution >= 4 is 28.8 Å². The van der Waals surface area contributed by atoms with E-state index in [1.165, 1.54) is 12.1 Å². The number of carbonyl (C=O) groups is 1. The molecule has 2 fully saturated rings. The van der Waals surface area contributed by atoms with Crippen molar-refractivity contribution in [2.24, 2.45) is 0 Å². The highest BCUT2D eigenvalue weighted by Crippen LogP contribution is 2.23. The molecule has 212 valence electrons. The van der Waals surface area contributed by atoms with Gasteiger partial charge in [0.15, 0.2) is 0 Å². The first-order valence-corrected chi connectivity index (χ1v) is 13.2. The number of hydrogen-bond acceptors (Lipinski definition) is 9. The molecule has 0 atom stereocenters. The maximum absolute atomic E-state index is 12.1. The molecule has 4 rings (SSSR count). The Balaban J connectivity index is 0.000000230. The first-order valence-electron chi connectivity index (χ1n) is 13.2. The Hall–Kier alpha value is -3.93. The molecule has 0 bridgehead atoms. The average Bonchev–Trinajstić information content (AvgIpc) is 3.32. The molecule has 0 aromatic heterocycles. The summed E-state index contributed by atoms with van der Waals surface area (Å²) in [6, 6.07) is 13.4. The third kappa shape index (κ3) is 9.40. The zero-order chi connectivity index (χ0) is 28.4. The molecule has 2 aliphatic rings. The maximum Gasteiger partial charge on any atom is 0.410 e. The van der Waals surface area contributed by atoms with Crippen LogP contribution in [0.25, 0.3) is 0 Å². The number of nitrogens with zero attached hydrogens (tertiary/aromatic N) is 5. The maximum atomic E-state index is 12.1. The molecule has 0 aliphatic carbocycles. The summed E-state index contributed by atoms with van der Waals surface area (Å²) in [6.45, 7) is 11.9. The smallest absolute Gasteiger partial charge is 0.410 e. The lowest BCUT2D eigenvalue weighted by Gasteiger charge is -2.26. The Bertz CT molecular complexity index is 1130. The predicted molar refractivity (Wildman–Crippen MR) is 151 cm³/mol. The van der Waals surface area contributed by atoms with Crippen LogP contribution >= 0.6 is 0 Å².